The van der Waals surface area contributed by atoms with Crippen molar-refractivity contribution >= 4 is 17.4 Å². The number of benzene rings is 3. The number of amides is 2. The van der Waals surface area contributed by atoms with E-state index in [1.165, 1.54) is 30.0 Å². The number of nitrogens with one attached hydrogen (secondary N) is 2. The van der Waals surface area contributed by atoms with Gasteiger partial charge in [0.2, 0.25) is 0 Å². The number of rotatable bonds is 4. The zero-order valence-electron chi connectivity index (χ0n) is 18.6. The van der Waals surface area contributed by atoms with Gasteiger partial charge in [-0.1, -0.05) is 24.3 Å². The molecule has 3 aromatic rings. The number of carbonyl (C=O) groups excluding carboxylic acids is 1. The molecule has 170 valence electrons. The van der Waals surface area contributed by atoms with Crippen molar-refractivity contribution in [2.75, 3.05) is 29.9 Å². The maximum absolute atomic E-state index is 13.6. The number of nitrogens with zero attached hydrogens (tertiary/aromatic N) is 1. The highest BCUT2D eigenvalue weighted by Crippen LogP contribution is 2.49. The minimum Gasteiger partial charge on any atom is -0.371 e. The maximum atomic E-state index is 13.6. The van der Waals surface area contributed by atoms with Crippen LogP contribution in [0.3, 0.4) is 0 Å². The van der Waals surface area contributed by atoms with Crippen molar-refractivity contribution in [3.63, 3.8) is 0 Å². The molecule has 2 aliphatic heterocycles. The molecule has 2 heterocycles. The average molecular weight is 448 g/mol. The topological polar surface area (TPSA) is 44.4 Å². The maximum Gasteiger partial charge on any atom is 0.319 e. The highest BCUT2D eigenvalue weighted by molar-refractivity contribution is 5.90. The lowest BCUT2D eigenvalue weighted by molar-refractivity contribution is 0.252. The van der Waals surface area contributed by atoms with Crippen LogP contribution >= 0.6 is 0 Å². The van der Waals surface area contributed by atoms with Crippen LogP contribution in [0, 0.1) is 11.6 Å². The lowest BCUT2D eigenvalue weighted by atomic mass is 9.76. The average Bonchev–Trinajstić information content (AvgIpc) is 2.81. The highest BCUT2D eigenvalue weighted by atomic mass is 19.1. The van der Waals surface area contributed by atoms with Gasteiger partial charge in [0, 0.05) is 42.8 Å². The van der Waals surface area contributed by atoms with E-state index in [0.717, 1.165) is 53.9 Å². The Bertz CT molecular complexity index is 1080. The summed E-state index contributed by atoms with van der Waals surface area (Å²) in [7, 11) is 0. The molecular formula is C27H27F2N3O. The molecule has 6 heteroatoms. The van der Waals surface area contributed by atoms with E-state index in [1.807, 2.05) is 31.2 Å². The summed E-state index contributed by atoms with van der Waals surface area (Å²) in [6.45, 7) is 4.25. The molecule has 2 aliphatic rings. The molecule has 2 atom stereocenters. The van der Waals surface area contributed by atoms with Gasteiger partial charge >= 0.3 is 6.03 Å². The molecule has 2 N–H and O–H groups in total. The zero-order chi connectivity index (χ0) is 22.9. The van der Waals surface area contributed by atoms with Gasteiger partial charge in [-0.2, -0.15) is 0 Å². The fourth-order valence-corrected chi connectivity index (χ4v) is 5.28. The molecular weight excluding hydrogens is 420 g/mol. The Morgan fingerprint density at radius 1 is 0.879 bits per heavy atom. The third-order valence-corrected chi connectivity index (χ3v) is 6.75. The first-order chi connectivity index (χ1) is 16.0. The van der Waals surface area contributed by atoms with Crippen LogP contribution in [0.15, 0.2) is 60.7 Å². The summed E-state index contributed by atoms with van der Waals surface area (Å²) in [6.07, 6.45) is 1.84. The SMILES string of the molecule is CCNC(=O)Nc1cc2c3c(c1)[C@H](c1ccc(F)cc1)CCN3CC[C@H]2c1ccc(F)cc1. The second kappa shape index (κ2) is 8.85. The summed E-state index contributed by atoms with van der Waals surface area (Å²) in [5.41, 5.74) is 6.35. The fraction of sp³-hybridized carbons (Fsp3) is 0.296. The van der Waals surface area contributed by atoms with Crippen LogP contribution in [0.5, 0.6) is 0 Å². The molecule has 0 aliphatic carbocycles. The summed E-state index contributed by atoms with van der Waals surface area (Å²) in [4.78, 5) is 14.7. The smallest absolute Gasteiger partial charge is 0.319 e. The Balaban J connectivity index is 1.64. The van der Waals surface area contributed by atoms with Crippen LogP contribution in [0.4, 0.5) is 25.0 Å². The minimum atomic E-state index is -0.249. The van der Waals surface area contributed by atoms with Gasteiger partial charge in [-0.05, 0) is 78.4 Å². The van der Waals surface area contributed by atoms with Crippen molar-refractivity contribution in [3.05, 3.63) is 94.6 Å². The molecule has 2 amide bonds. The molecule has 0 saturated carbocycles. The van der Waals surface area contributed by atoms with Crippen LogP contribution in [-0.4, -0.2) is 25.7 Å². The lowest BCUT2D eigenvalue weighted by Gasteiger charge is -2.43. The molecule has 0 spiro atoms. The van der Waals surface area contributed by atoms with Gasteiger partial charge in [0.1, 0.15) is 11.6 Å². The molecule has 5 rings (SSSR count). The highest BCUT2D eigenvalue weighted by Gasteiger charge is 2.35. The monoisotopic (exact) mass is 447 g/mol. The molecule has 33 heavy (non-hydrogen) atoms. The van der Waals surface area contributed by atoms with E-state index in [4.69, 9.17) is 0 Å². The molecule has 0 saturated heterocycles. The van der Waals surface area contributed by atoms with Gasteiger partial charge < -0.3 is 15.5 Å². The quantitative estimate of drug-likeness (QED) is 0.516. The minimum absolute atomic E-state index is 0.110. The van der Waals surface area contributed by atoms with Crippen molar-refractivity contribution in [2.45, 2.75) is 31.6 Å². The number of carbonyl (C=O) groups is 1. The van der Waals surface area contributed by atoms with Gasteiger partial charge in [0.05, 0.1) is 0 Å². The van der Waals surface area contributed by atoms with Crippen LogP contribution in [-0.2, 0) is 0 Å². The Hall–Kier alpha value is -3.41. The second-order valence-electron chi connectivity index (χ2n) is 8.76. The number of hydrogen-bond acceptors (Lipinski definition) is 2. The summed E-state index contributed by atoms with van der Waals surface area (Å²) >= 11 is 0. The van der Waals surface area contributed by atoms with E-state index in [9.17, 15) is 13.6 Å². The van der Waals surface area contributed by atoms with Gasteiger partial charge in [0.25, 0.3) is 0 Å². The normalized spacial score (nSPS) is 19.1. The second-order valence-corrected chi connectivity index (χ2v) is 8.76. The summed E-state index contributed by atoms with van der Waals surface area (Å²) in [5.74, 6) is -0.278. The predicted octanol–water partition coefficient (Wildman–Crippen LogP) is 5.98. The van der Waals surface area contributed by atoms with Crippen LogP contribution in [0.1, 0.15) is 53.9 Å². The Kier molecular flexibility index (Phi) is 5.75. The number of anilines is 2. The molecule has 0 bridgehead atoms. The van der Waals surface area contributed by atoms with Crippen molar-refractivity contribution in [3.8, 4) is 0 Å². The third kappa shape index (κ3) is 4.17. The van der Waals surface area contributed by atoms with E-state index in [-0.39, 0.29) is 29.5 Å². The summed E-state index contributed by atoms with van der Waals surface area (Å²) < 4.78 is 27.2. The molecule has 4 nitrogen and oxygen atoms in total. The Morgan fingerprint density at radius 2 is 1.36 bits per heavy atom. The standard InChI is InChI=1S/C27H27F2N3O/c1-2-30-27(33)31-21-15-24-22(17-3-7-19(28)8-4-17)11-13-32-14-12-23(25(16-21)26(24)32)18-5-9-20(29)10-6-18/h3-10,15-16,22-23H,2,11-14H2,1H3,(H2,30,31,33)/t22-,23-/m0/s1. The van der Waals surface area contributed by atoms with Gasteiger partial charge in [0.15, 0.2) is 0 Å². The summed E-state index contributed by atoms with van der Waals surface area (Å²) in [6, 6.07) is 17.3. The zero-order valence-corrected chi connectivity index (χ0v) is 18.6. The lowest BCUT2D eigenvalue weighted by Crippen LogP contribution is -2.38. The van der Waals surface area contributed by atoms with Gasteiger partial charge in [-0.15, -0.1) is 0 Å². The van der Waals surface area contributed by atoms with E-state index >= 15 is 0 Å². The largest absolute Gasteiger partial charge is 0.371 e. The van der Waals surface area contributed by atoms with E-state index in [2.05, 4.69) is 27.7 Å². The third-order valence-electron chi connectivity index (χ3n) is 6.75. The van der Waals surface area contributed by atoms with Crippen LogP contribution in [0.2, 0.25) is 0 Å². The predicted molar refractivity (Wildman–Crippen MR) is 127 cm³/mol. The molecule has 0 unspecified atom stereocenters. The number of halogens is 2. The summed E-state index contributed by atoms with van der Waals surface area (Å²) in [5, 5.41) is 5.77. The first kappa shape index (κ1) is 21.4. The molecule has 3 aromatic carbocycles. The first-order valence-electron chi connectivity index (χ1n) is 11.5. The molecule has 0 fully saturated rings. The van der Waals surface area contributed by atoms with Crippen molar-refractivity contribution in [1.29, 1.82) is 0 Å². The van der Waals surface area contributed by atoms with Crippen LogP contribution in [0.25, 0.3) is 0 Å². The van der Waals surface area contributed by atoms with Crippen molar-refractivity contribution in [2.24, 2.45) is 0 Å². The van der Waals surface area contributed by atoms with Gasteiger partial charge in [-0.3, -0.25) is 0 Å². The molecule has 0 radical (unpaired) electrons. The van der Waals surface area contributed by atoms with Crippen LogP contribution < -0.4 is 15.5 Å². The number of hydrogen-bond donors (Lipinski definition) is 2. The first-order valence-corrected chi connectivity index (χ1v) is 11.5. The Morgan fingerprint density at radius 3 is 1.82 bits per heavy atom. The number of urea groups is 1. The molecule has 0 aromatic heterocycles. The fourth-order valence-electron chi connectivity index (χ4n) is 5.28. The Labute approximate surface area is 192 Å². The van der Waals surface area contributed by atoms with E-state index < -0.39 is 0 Å². The van der Waals surface area contributed by atoms with E-state index in [1.54, 1.807) is 0 Å². The van der Waals surface area contributed by atoms with Gasteiger partial charge in [-0.25, -0.2) is 13.6 Å². The van der Waals surface area contributed by atoms with Crippen molar-refractivity contribution < 1.29 is 13.6 Å². The van der Waals surface area contributed by atoms with E-state index in [0.29, 0.717) is 6.54 Å². The van der Waals surface area contributed by atoms with Crippen molar-refractivity contribution in [1.82, 2.24) is 5.32 Å².